The van der Waals surface area contributed by atoms with Gasteiger partial charge in [-0.1, -0.05) is 23.7 Å². The van der Waals surface area contributed by atoms with Gasteiger partial charge in [-0.3, -0.25) is 4.99 Å². The molecule has 1 aromatic carbocycles. The fourth-order valence-corrected chi connectivity index (χ4v) is 2.81. The second kappa shape index (κ2) is 10.5. The Morgan fingerprint density at radius 3 is 2.71 bits per heavy atom. The highest BCUT2D eigenvalue weighted by atomic mass is 35.5. The number of nitrogens with one attached hydrogen (secondary N) is 1. The van der Waals surface area contributed by atoms with Gasteiger partial charge in [0.05, 0.1) is 6.10 Å². The van der Waals surface area contributed by atoms with E-state index in [1.54, 1.807) is 7.05 Å². The molecule has 0 atom stereocenters. The van der Waals surface area contributed by atoms with Crippen molar-refractivity contribution in [2.75, 3.05) is 40.5 Å². The average Bonchev–Trinajstić information content (AvgIpc) is 2.61. The summed E-state index contributed by atoms with van der Waals surface area (Å²) in [5.74, 6) is 0.885. The second-order valence-corrected chi connectivity index (χ2v) is 6.43. The molecule has 0 unspecified atom stereocenters. The zero-order valence-electron chi connectivity index (χ0n) is 14.6. The fraction of sp³-hybridized carbons (Fsp3) is 0.611. The van der Waals surface area contributed by atoms with Crippen molar-refractivity contribution in [3.63, 3.8) is 0 Å². The van der Waals surface area contributed by atoms with Crippen molar-refractivity contribution in [2.24, 2.45) is 4.99 Å². The van der Waals surface area contributed by atoms with Crippen LogP contribution < -0.4 is 5.32 Å². The van der Waals surface area contributed by atoms with E-state index in [4.69, 9.17) is 21.1 Å². The van der Waals surface area contributed by atoms with E-state index in [1.165, 1.54) is 5.56 Å². The average molecular weight is 354 g/mol. The van der Waals surface area contributed by atoms with Gasteiger partial charge in [0.1, 0.15) is 0 Å². The largest absolute Gasteiger partial charge is 0.381 e. The van der Waals surface area contributed by atoms with Crippen LogP contribution in [0.5, 0.6) is 0 Å². The fourth-order valence-electron chi connectivity index (χ4n) is 2.69. The summed E-state index contributed by atoms with van der Waals surface area (Å²) in [5, 5.41) is 4.14. The molecule has 1 heterocycles. The lowest BCUT2D eigenvalue weighted by Gasteiger charge is -2.23. The lowest BCUT2D eigenvalue weighted by atomic mass is 10.1. The monoisotopic (exact) mass is 353 g/mol. The molecule has 0 amide bonds. The Morgan fingerprint density at radius 2 is 2.04 bits per heavy atom. The molecule has 0 radical (unpaired) electrons. The summed E-state index contributed by atoms with van der Waals surface area (Å²) in [4.78, 5) is 6.44. The minimum absolute atomic E-state index is 0.366. The Bertz CT molecular complexity index is 501. The van der Waals surface area contributed by atoms with Crippen LogP contribution in [-0.4, -0.2) is 57.4 Å². The van der Waals surface area contributed by atoms with E-state index < -0.39 is 0 Å². The van der Waals surface area contributed by atoms with Gasteiger partial charge in [0.2, 0.25) is 0 Å². The molecular formula is C18H28ClN3O2. The summed E-state index contributed by atoms with van der Waals surface area (Å²) in [6.45, 7) is 4.06. The molecule has 2 rings (SSSR count). The van der Waals surface area contributed by atoms with Gasteiger partial charge in [0.15, 0.2) is 5.96 Å². The third-order valence-electron chi connectivity index (χ3n) is 4.03. The van der Waals surface area contributed by atoms with Crippen molar-refractivity contribution >= 4 is 17.6 Å². The van der Waals surface area contributed by atoms with Gasteiger partial charge < -0.3 is 19.7 Å². The maximum atomic E-state index is 5.92. The van der Waals surface area contributed by atoms with Crippen LogP contribution in [0.3, 0.4) is 0 Å². The minimum Gasteiger partial charge on any atom is -0.381 e. The number of halogens is 1. The molecule has 5 nitrogen and oxygen atoms in total. The van der Waals surface area contributed by atoms with E-state index >= 15 is 0 Å². The van der Waals surface area contributed by atoms with Gasteiger partial charge in [-0.25, -0.2) is 0 Å². The number of benzene rings is 1. The highest BCUT2D eigenvalue weighted by molar-refractivity contribution is 6.30. The Hall–Kier alpha value is -1.30. The second-order valence-electron chi connectivity index (χ2n) is 5.99. The summed E-state index contributed by atoms with van der Waals surface area (Å²) in [7, 11) is 3.84. The number of guanidine groups is 1. The van der Waals surface area contributed by atoms with Crippen LogP contribution >= 0.6 is 11.6 Å². The molecule has 0 spiro atoms. The highest BCUT2D eigenvalue weighted by Crippen LogP contribution is 2.11. The standard InChI is InChI=1S/C18H28ClN3O2/c1-20-18(22(2)14-15-4-6-16(19)7-5-15)21-10-3-11-24-17-8-12-23-13-9-17/h4-7,17H,3,8-14H2,1-2H3,(H,20,21). The van der Waals surface area contributed by atoms with Crippen LogP contribution in [0.1, 0.15) is 24.8 Å². The molecule has 6 heteroatoms. The summed E-state index contributed by atoms with van der Waals surface area (Å²) in [6, 6.07) is 7.89. The molecule has 1 N–H and O–H groups in total. The number of ether oxygens (including phenoxy) is 2. The van der Waals surface area contributed by atoms with Gasteiger partial charge in [-0.05, 0) is 37.0 Å². The number of nitrogens with zero attached hydrogens (tertiary/aromatic N) is 2. The van der Waals surface area contributed by atoms with E-state index in [0.717, 1.165) is 63.2 Å². The smallest absolute Gasteiger partial charge is 0.193 e. The van der Waals surface area contributed by atoms with Crippen molar-refractivity contribution in [2.45, 2.75) is 31.9 Å². The van der Waals surface area contributed by atoms with Crippen molar-refractivity contribution in [1.29, 1.82) is 0 Å². The van der Waals surface area contributed by atoms with E-state index in [2.05, 4.69) is 15.2 Å². The first-order valence-electron chi connectivity index (χ1n) is 8.54. The van der Waals surface area contributed by atoms with Crippen molar-refractivity contribution in [1.82, 2.24) is 10.2 Å². The lowest BCUT2D eigenvalue weighted by Crippen LogP contribution is -2.39. The highest BCUT2D eigenvalue weighted by Gasteiger charge is 2.13. The molecular weight excluding hydrogens is 326 g/mol. The summed E-state index contributed by atoms with van der Waals surface area (Å²) >= 11 is 5.92. The molecule has 1 fully saturated rings. The first kappa shape index (κ1) is 19.0. The molecule has 0 saturated carbocycles. The maximum Gasteiger partial charge on any atom is 0.193 e. The van der Waals surface area contributed by atoms with Crippen molar-refractivity contribution in [3.05, 3.63) is 34.9 Å². The van der Waals surface area contributed by atoms with Crippen LogP contribution in [0.4, 0.5) is 0 Å². The van der Waals surface area contributed by atoms with Gasteiger partial charge in [0, 0.05) is 52.0 Å². The molecule has 0 aromatic heterocycles. The zero-order valence-corrected chi connectivity index (χ0v) is 15.4. The maximum absolute atomic E-state index is 5.92. The number of hydrogen-bond acceptors (Lipinski definition) is 3. The Labute approximate surface area is 150 Å². The summed E-state index contributed by atoms with van der Waals surface area (Å²) in [5.41, 5.74) is 1.20. The molecule has 1 aliphatic rings. The molecule has 0 aliphatic carbocycles. The van der Waals surface area contributed by atoms with Crippen LogP contribution in [0, 0.1) is 0 Å². The molecule has 0 bridgehead atoms. The van der Waals surface area contributed by atoms with E-state index in [9.17, 15) is 0 Å². The summed E-state index contributed by atoms with van der Waals surface area (Å²) in [6.07, 6.45) is 3.36. The van der Waals surface area contributed by atoms with Gasteiger partial charge in [0.25, 0.3) is 0 Å². The van der Waals surface area contributed by atoms with Crippen LogP contribution in [0.25, 0.3) is 0 Å². The first-order valence-corrected chi connectivity index (χ1v) is 8.92. The SMILES string of the molecule is CN=C(NCCCOC1CCOCC1)N(C)Cc1ccc(Cl)cc1. The van der Waals surface area contributed by atoms with Crippen LogP contribution in [0.15, 0.2) is 29.3 Å². The molecule has 1 aromatic rings. The molecule has 1 saturated heterocycles. The normalized spacial score (nSPS) is 16.2. The lowest BCUT2D eigenvalue weighted by molar-refractivity contribution is -0.0320. The number of aliphatic imine (C=N–C) groups is 1. The molecule has 24 heavy (non-hydrogen) atoms. The van der Waals surface area contributed by atoms with Crippen molar-refractivity contribution < 1.29 is 9.47 Å². The van der Waals surface area contributed by atoms with E-state index in [1.807, 2.05) is 31.3 Å². The van der Waals surface area contributed by atoms with E-state index in [-0.39, 0.29) is 0 Å². The zero-order chi connectivity index (χ0) is 17.2. The third-order valence-corrected chi connectivity index (χ3v) is 4.28. The van der Waals surface area contributed by atoms with Gasteiger partial charge in [-0.2, -0.15) is 0 Å². The third kappa shape index (κ3) is 6.67. The van der Waals surface area contributed by atoms with Crippen molar-refractivity contribution in [3.8, 4) is 0 Å². The van der Waals surface area contributed by atoms with Crippen LogP contribution in [0.2, 0.25) is 5.02 Å². The van der Waals surface area contributed by atoms with E-state index in [0.29, 0.717) is 6.10 Å². The van der Waals surface area contributed by atoms with Crippen LogP contribution in [-0.2, 0) is 16.0 Å². The number of rotatable bonds is 7. The predicted octanol–water partition coefficient (Wildman–Crippen LogP) is 2.93. The quantitative estimate of drug-likeness (QED) is 0.465. The predicted molar refractivity (Wildman–Crippen MR) is 98.7 cm³/mol. The Balaban J connectivity index is 1.64. The summed E-state index contributed by atoms with van der Waals surface area (Å²) < 4.78 is 11.2. The molecule has 134 valence electrons. The minimum atomic E-state index is 0.366. The first-order chi connectivity index (χ1) is 11.7. The topological polar surface area (TPSA) is 46.1 Å². The number of hydrogen-bond donors (Lipinski definition) is 1. The van der Waals surface area contributed by atoms with Gasteiger partial charge >= 0.3 is 0 Å². The Morgan fingerprint density at radius 1 is 1.33 bits per heavy atom. The molecule has 1 aliphatic heterocycles. The van der Waals surface area contributed by atoms with Gasteiger partial charge in [-0.15, -0.1) is 0 Å². The Kier molecular flexibility index (Phi) is 8.36.